The van der Waals surface area contributed by atoms with E-state index < -0.39 is 5.97 Å². The molecular formula is C10H11BrN2O2. The Morgan fingerprint density at radius 3 is 3.00 bits per heavy atom. The molecule has 1 aromatic heterocycles. The quantitative estimate of drug-likeness (QED) is 0.825. The molecule has 0 aromatic carbocycles. The molecule has 1 heterocycles. The predicted octanol–water partition coefficient (Wildman–Crippen LogP) is 2.29. The number of halogens is 1. The molecule has 0 amide bonds. The number of nitrogens with one attached hydrogen (secondary N) is 1. The first kappa shape index (κ1) is 11.7. The number of aromatic nitrogens is 1. The number of carboxylic acid groups (broad SMARTS) is 1. The minimum atomic E-state index is -0.899. The van der Waals surface area contributed by atoms with Crippen molar-refractivity contribution in [3.63, 3.8) is 0 Å². The van der Waals surface area contributed by atoms with Crippen LogP contribution in [0.2, 0.25) is 0 Å². The summed E-state index contributed by atoms with van der Waals surface area (Å²) < 4.78 is 0.881. The molecule has 0 aliphatic heterocycles. The highest BCUT2D eigenvalue weighted by Crippen LogP contribution is 2.13. The number of hydrogen-bond donors (Lipinski definition) is 2. The second kappa shape index (κ2) is 5.50. The van der Waals surface area contributed by atoms with Gasteiger partial charge in [0.1, 0.15) is 0 Å². The van der Waals surface area contributed by atoms with Crippen LogP contribution in [-0.4, -0.2) is 22.6 Å². The fourth-order valence-corrected chi connectivity index (χ4v) is 1.28. The molecule has 0 saturated heterocycles. The summed E-state index contributed by atoms with van der Waals surface area (Å²) in [5.41, 5.74) is 1.17. The zero-order valence-electron chi connectivity index (χ0n) is 8.20. The molecule has 0 fully saturated rings. The highest BCUT2D eigenvalue weighted by molar-refractivity contribution is 9.10. The van der Waals surface area contributed by atoms with Gasteiger partial charge in [0.05, 0.1) is 11.9 Å². The van der Waals surface area contributed by atoms with E-state index in [1.54, 1.807) is 25.4 Å². The highest BCUT2D eigenvalue weighted by Gasteiger charge is 1.98. The lowest BCUT2D eigenvalue weighted by molar-refractivity contribution is -0.132. The van der Waals surface area contributed by atoms with Gasteiger partial charge in [0.15, 0.2) is 0 Å². The number of carboxylic acids is 1. The van der Waals surface area contributed by atoms with Crippen LogP contribution in [0.5, 0.6) is 0 Å². The Kier molecular flexibility index (Phi) is 4.30. The topological polar surface area (TPSA) is 62.2 Å². The second-order valence-corrected chi connectivity index (χ2v) is 3.88. The van der Waals surface area contributed by atoms with E-state index in [0.29, 0.717) is 12.1 Å². The van der Waals surface area contributed by atoms with Crippen molar-refractivity contribution in [3.05, 3.63) is 34.6 Å². The van der Waals surface area contributed by atoms with Crippen LogP contribution >= 0.6 is 15.9 Å². The smallest absolute Gasteiger partial charge is 0.331 e. The lowest BCUT2D eigenvalue weighted by Crippen LogP contribution is -2.03. The van der Waals surface area contributed by atoms with Gasteiger partial charge in [-0.15, -0.1) is 0 Å². The van der Waals surface area contributed by atoms with E-state index in [1.165, 1.54) is 0 Å². The van der Waals surface area contributed by atoms with Crippen LogP contribution in [0.3, 0.4) is 0 Å². The van der Waals surface area contributed by atoms with Gasteiger partial charge in [0.2, 0.25) is 0 Å². The van der Waals surface area contributed by atoms with Gasteiger partial charge in [0.25, 0.3) is 0 Å². The van der Waals surface area contributed by atoms with Crippen molar-refractivity contribution in [2.24, 2.45) is 0 Å². The third-order valence-electron chi connectivity index (χ3n) is 1.76. The molecule has 0 aliphatic rings. The van der Waals surface area contributed by atoms with Crippen molar-refractivity contribution in [3.8, 4) is 0 Å². The Labute approximate surface area is 96.2 Å². The van der Waals surface area contributed by atoms with Gasteiger partial charge in [-0.25, -0.2) is 4.79 Å². The van der Waals surface area contributed by atoms with Crippen LogP contribution < -0.4 is 5.32 Å². The molecule has 0 spiro atoms. The Hall–Kier alpha value is -1.36. The molecule has 1 rings (SSSR count). The number of rotatable bonds is 4. The van der Waals surface area contributed by atoms with Crippen LogP contribution in [0.25, 0.3) is 0 Å². The number of hydrogen-bond acceptors (Lipinski definition) is 3. The van der Waals surface area contributed by atoms with Gasteiger partial charge < -0.3 is 10.4 Å². The lowest BCUT2D eigenvalue weighted by atomic mass is 10.3. The van der Waals surface area contributed by atoms with E-state index in [1.807, 2.05) is 6.07 Å². The van der Waals surface area contributed by atoms with Crippen LogP contribution in [0.4, 0.5) is 5.69 Å². The van der Waals surface area contributed by atoms with Crippen LogP contribution in [0.15, 0.2) is 34.6 Å². The van der Waals surface area contributed by atoms with E-state index in [-0.39, 0.29) is 0 Å². The van der Waals surface area contributed by atoms with E-state index >= 15 is 0 Å². The number of aliphatic carboxylic acids is 1. The maximum absolute atomic E-state index is 10.5. The van der Waals surface area contributed by atoms with Gasteiger partial charge >= 0.3 is 5.97 Å². The van der Waals surface area contributed by atoms with Crippen LogP contribution in [0.1, 0.15) is 6.92 Å². The fourth-order valence-electron chi connectivity index (χ4n) is 0.918. The molecule has 0 saturated carbocycles. The molecule has 0 atom stereocenters. The zero-order chi connectivity index (χ0) is 11.3. The first-order chi connectivity index (χ1) is 7.09. The van der Waals surface area contributed by atoms with Crippen molar-refractivity contribution in [2.75, 3.05) is 11.9 Å². The molecule has 5 heteroatoms. The summed E-state index contributed by atoms with van der Waals surface area (Å²) in [6.07, 6.45) is 4.97. The largest absolute Gasteiger partial charge is 0.478 e. The Morgan fingerprint density at radius 2 is 2.40 bits per heavy atom. The molecule has 0 unspecified atom stereocenters. The summed E-state index contributed by atoms with van der Waals surface area (Å²) in [5, 5.41) is 11.6. The van der Waals surface area contributed by atoms with Crippen LogP contribution in [0, 0.1) is 0 Å². The first-order valence-corrected chi connectivity index (χ1v) is 5.13. The summed E-state index contributed by atoms with van der Waals surface area (Å²) in [4.78, 5) is 14.5. The molecule has 15 heavy (non-hydrogen) atoms. The SMILES string of the molecule is C/C(=C/CNc1cncc(Br)c1)C(=O)O. The van der Waals surface area contributed by atoms with Gasteiger partial charge in [-0.05, 0) is 28.9 Å². The van der Waals surface area contributed by atoms with E-state index in [0.717, 1.165) is 10.2 Å². The maximum atomic E-state index is 10.5. The predicted molar refractivity (Wildman–Crippen MR) is 61.8 cm³/mol. The summed E-state index contributed by atoms with van der Waals surface area (Å²) in [6, 6.07) is 1.87. The summed E-state index contributed by atoms with van der Waals surface area (Å²) >= 11 is 3.29. The zero-order valence-corrected chi connectivity index (χ0v) is 9.78. The fraction of sp³-hybridized carbons (Fsp3) is 0.200. The Bertz CT molecular complexity index is 391. The highest BCUT2D eigenvalue weighted by atomic mass is 79.9. The molecule has 0 radical (unpaired) electrons. The molecule has 80 valence electrons. The average Bonchev–Trinajstić information content (AvgIpc) is 2.17. The molecular weight excluding hydrogens is 260 g/mol. The van der Waals surface area contributed by atoms with Gasteiger partial charge in [-0.1, -0.05) is 6.08 Å². The Morgan fingerprint density at radius 1 is 1.67 bits per heavy atom. The lowest BCUT2D eigenvalue weighted by Gasteiger charge is -2.03. The van der Waals surface area contributed by atoms with Crippen molar-refractivity contribution in [1.29, 1.82) is 0 Å². The number of nitrogens with zero attached hydrogens (tertiary/aromatic N) is 1. The summed E-state index contributed by atoms with van der Waals surface area (Å²) in [6.45, 7) is 2.03. The van der Waals surface area contributed by atoms with Crippen molar-refractivity contribution < 1.29 is 9.90 Å². The third kappa shape index (κ3) is 4.12. The number of pyridine rings is 1. The second-order valence-electron chi connectivity index (χ2n) is 2.97. The van der Waals surface area contributed by atoms with Crippen molar-refractivity contribution >= 4 is 27.6 Å². The molecule has 4 nitrogen and oxygen atoms in total. The normalized spacial score (nSPS) is 11.2. The van der Waals surface area contributed by atoms with Crippen molar-refractivity contribution in [1.82, 2.24) is 4.98 Å². The monoisotopic (exact) mass is 270 g/mol. The standard InChI is InChI=1S/C10H11BrN2O2/c1-7(10(14)15)2-3-13-9-4-8(11)5-12-6-9/h2,4-6,13H,3H2,1H3,(H,14,15)/b7-2-. The van der Waals surface area contributed by atoms with Gasteiger partial charge in [-0.3, -0.25) is 4.98 Å². The van der Waals surface area contributed by atoms with Crippen LogP contribution in [-0.2, 0) is 4.79 Å². The van der Waals surface area contributed by atoms with E-state index in [2.05, 4.69) is 26.2 Å². The van der Waals surface area contributed by atoms with Gasteiger partial charge in [0, 0.05) is 22.8 Å². The first-order valence-electron chi connectivity index (χ1n) is 4.34. The molecule has 0 aliphatic carbocycles. The summed E-state index contributed by atoms with van der Waals surface area (Å²) in [5.74, 6) is -0.899. The molecule has 0 bridgehead atoms. The van der Waals surface area contributed by atoms with Gasteiger partial charge in [-0.2, -0.15) is 0 Å². The number of anilines is 1. The molecule has 1 aromatic rings. The number of carbonyl (C=O) groups is 1. The van der Waals surface area contributed by atoms with Crippen molar-refractivity contribution in [2.45, 2.75) is 6.92 Å². The average molecular weight is 271 g/mol. The maximum Gasteiger partial charge on any atom is 0.331 e. The molecule has 2 N–H and O–H groups in total. The Balaban J connectivity index is 2.51. The summed E-state index contributed by atoms with van der Waals surface area (Å²) in [7, 11) is 0. The minimum absolute atomic E-state index is 0.324. The van der Waals surface area contributed by atoms with E-state index in [4.69, 9.17) is 5.11 Å². The minimum Gasteiger partial charge on any atom is -0.478 e. The van der Waals surface area contributed by atoms with E-state index in [9.17, 15) is 4.79 Å². The third-order valence-corrected chi connectivity index (χ3v) is 2.19.